The fraction of sp³-hybridized carbons (Fsp3) is 0.907. The second-order valence-electron chi connectivity index (χ2n) is 25.8. The molecule has 4 aliphatic heterocycles. The van der Waals surface area contributed by atoms with Crippen LogP contribution in [0.5, 0.6) is 0 Å². The topological polar surface area (TPSA) is 360 Å². The molecule has 0 spiro atoms. The summed E-state index contributed by atoms with van der Waals surface area (Å²) in [6.07, 6.45) is -23.5. The minimum atomic E-state index is -2.09. The van der Waals surface area contributed by atoms with Gasteiger partial charge in [0, 0.05) is 17.8 Å². The summed E-state index contributed by atoms with van der Waals surface area (Å²) in [5.41, 5.74) is -2.68. The Morgan fingerprint density at radius 1 is 0.782 bits per heavy atom. The predicted molar refractivity (Wildman–Crippen MR) is 259 cm³/mol. The van der Waals surface area contributed by atoms with E-state index in [4.69, 9.17) is 42.6 Å². The van der Waals surface area contributed by atoms with E-state index >= 15 is 0 Å². The number of aliphatic hydroxyl groups excluding tert-OH is 9. The number of hydrogen-bond donors (Lipinski definition) is 10. The SMILES string of the molecule is CC(=O)OC(C)C(C)C(=O)OCC12C3CC4(C)C(=CCC5C6(C)CCC(OC7OC(C(=O)O)C(OC8OC(CO)C(O)C(O)C8O)C(O)C7OC7OCC(O)C(O)C7O)C(C)(CO)C6CCC54C)C1CC(C)(C)C(O3)C2[O-].[Na+]. The maximum atomic E-state index is 14.9. The molecule has 28 unspecified atom stereocenters. The Kier molecular flexibility index (Phi) is 18.0. The predicted octanol–water partition coefficient (Wildman–Crippen LogP) is -4.21. The molecular weight excluding hydrogens is 1040 g/mol. The number of ether oxygens (including phenoxy) is 9. The van der Waals surface area contributed by atoms with Gasteiger partial charge in [-0.1, -0.05) is 59.3 Å². The molecule has 78 heavy (non-hydrogen) atoms. The summed E-state index contributed by atoms with van der Waals surface area (Å²) in [5, 5.41) is 123. The number of carboxylic acids is 1. The summed E-state index contributed by atoms with van der Waals surface area (Å²) >= 11 is 0. The standard InChI is InChI=1S/C54H83O23.Na/c1-22(23(2)71-24(3)57)45(68)70-21-54-26-16-49(4,5)43(42(54)65)73-32(54)17-53(9)25(26)10-11-30-50(6)14-13-31(51(7,20-56)29(50)12-15-52(30,53)8)74-48-40(76-46-36(62)33(59)27(58)19-69-46)38(64)39(41(77-48)44(66)67)75-47-37(63)35(61)34(60)28(18-55)72-47;/h10,22-23,26-43,46-48,55-56,58-64H,11-21H2,1-9H3,(H,66,67);/q-1;+1. The van der Waals surface area contributed by atoms with E-state index in [0.717, 1.165) is 0 Å². The summed E-state index contributed by atoms with van der Waals surface area (Å²) in [7, 11) is 0. The van der Waals surface area contributed by atoms with Crippen LogP contribution in [0.3, 0.4) is 0 Å². The van der Waals surface area contributed by atoms with Crippen LogP contribution in [0.2, 0.25) is 0 Å². The number of aliphatic carboxylic acids is 1. The maximum Gasteiger partial charge on any atom is 1.00 e. The maximum absolute atomic E-state index is 14.9. The van der Waals surface area contributed by atoms with Gasteiger partial charge in [-0.3, -0.25) is 9.59 Å². The molecule has 438 valence electrons. The van der Waals surface area contributed by atoms with Gasteiger partial charge >= 0.3 is 47.5 Å². The van der Waals surface area contributed by atoms with Crippen molar-refractivity contribution in [1.29, 1.82) is 0 Å². The first kappa shape index (κ1) is 62.5. The van der Waals surface area contributed by atoms with Crippen molar-refractivity contribution in [1.82, 2.24) is 0 Å². The van der Waals surface area contributed by atoms with Crippen molar-refractivity contribution in [3.8, 4) is 0 Å². The Balaban J connectivity index is 0.00000803. The number of carbonyl (C=O) groups is 3. The molecule has 0 aromatic carbocycles. The zero-order chi connectivity index (χ0) is 56.4. The smallest absolute Gasteiger partial charge is 0.850 e. The first-order chi connectivity index (χ1) is 36.0. The van der Waals surface area contributed by atoms with Crippen LogP contribution in [-0.4, -0.2) is 212 Å². The summed E-state index contributed by atoms with van der Waals surface area (Å²) in [4.78, 5) is 38.4. The Bertz CT molecular complexity index is 2240. The van der Waals surface area contributed by atoms with Gasteiger partial charge in [0.05, 0.1) is 50.7 Å². The zero-order valence-electron chi connectivity index (χ0n) is 46.4. The third-order valence-corrected chi connectivity index (χ3v) is 21.3. The van der Waals surface area contributed by atoms with E-state index in [-0.39, 0.29) is 65.9 Å². The van der Waals surface area contributed by atoms with Crippen LogP contribution in [-0.2, 0) is 57.0 Å². The van der Waals surface area contributed by atoms with Gasteiger partial charge in [-0.05, 0) is 98.2 Å². The molecule has 23 nitrogen and oxygen atoms in total. The van der Waals surface area contributed by atoms with E-state index in [2.05, 4.69) is 40.7 Å². The fourth-order valence-electron chi connectivity index (χ4n) is 16.5. The van der Waals surface area contributed by atoms with Crippen LogP contribution in [0.15, 0.2) is 11.6 Å². The molecule has 4 heterocycles. The number of fused-ring (bicyclic) bond motifs is 7. The second kappa shape index (κ2) is 22.5. The first-order valence-electron chi connectivity index (χ1n) is 27.4. The van der Waals surface area contributed by atoms with Gasteiger partial charge in [0.1, 0.15) is 67.1 Å². The van der Waals surface area contributed by atoms with Crippen LogP contribution in [0.1, 0.15) is 107 Å². The molecule has 0 radical (unpaired) electrons. The Labute approximate surface area is 476 Å². The monoisotopic (exact) mass is 1120 g/mol. The van der Waals surface area contributed by atoms with E-state index in [0.29, 0.717) is 44.9 Å². The first-order valence-corrected chi connectivity index (χ1v) is 27.4. The molecule has 9 rings (SSSR count). The van der Waals surface area contributed by atoms with Gasteiger partial charge < -0.3 is 98.8 Å². The van der Waals surface area contributed by atoms with Crippen molar-refractivity contribution in [3.05, 3.63) is 11.6 Å². The number of hydrogen-bond acceptors (Lipinski definition) is 22. The number of esters is 2. The minimum absolute atomic E-state index is 0. The largest absolute Gasteiger partial charge is 1.00 e. The normalized spacial score (nSPS) is 51.0. The van der Waals surface area contributed by atoms with Gasteiger partial charge in [0.15, 0.2) is 25.0 Å². The third-order valence-electron chi connectivity index (χ3n) is 21.3. The number of allylic oxidation sites excluding steroid dienone is 2. The van der Waals surface area contributed by atoms with Crippen LogP contribution in [0.4, 0.5) is 0 Å². The number of carbonyl (C=O) groups excluding carboxylic acids is 2. The van der Waals surface area contributed by atoms with Crippen molar-refractivity contribution < 1.29 is 143 Å². The molecule has 28 atom stereocenters. The molecule has 0 amide bonds. The molecule has 24 heteroatoms. The quantitative estimate of drug-likeness (QED) is 0.0341. The van der Waals surface area contributed by atoms with Crippen molar-refractivity contribution >= 4 is 17.9 Å². The van der Waals surface area contributed by atoms with Crippen molar-refractivity contribution in [2.75, 3.05) is 26.4 Å². The molecular formula is C54H83NaO23. The summed E-state index contributed by atoms with van der Waals surface area (Å²) < 4.78 is 54.2. The molecule has 0 aromatic heterocycles. The van der Waals surface area contributed by atoms with E-state index < -0.39 is 181 Å². The Hall–Kier alpha value is -1.53. The molecule has 9 aliphatic rings. The molecule has 10 N–H and O–H groups in total. The van der Waals surface area contributed by atoms with Crippen molar-refractivity contribution in [3.63, 3.8) is 0 Å². The van der Waals surface area contributed by atoms with Gasteiger partial charge in [-0.15, -0.1) is 0 Å². The minimum Gasteiger partial charge on any atom is -0.850 e. The van der Waals surface area contributed by atoms with Crippen LogP contribution >= 0.6 is 0 Å². The Morgan fingerprint density at radius 3 is 2.09 bits per heavy atom. The van der Waals surface area contributed by atoms with Gasteiger partial charge in [0.2, 0.25) is 0 Å². The van der Waals surface area contributed by atoms with Crippen molar-refractivity contribution in [2.45, 2.75) is 224 Å². The van der Waals surface area contributed by atoms with Crippen LogP contribution < -0.4 is 34.7 Å². The van der Waals surface area contributed by atoms with Crippen LogP contribution in [0, 0.1) is 56.2 Å². The fourth-order valence-corrected chi connectivity index (χ4v) is 16.5. The summed E-state index contributed by atoms with van der Waals surface area (Å²) in [6, 6.07) is 0. The van der Waals surface area contributed by atoms with Gasteiger partial charge in [0.25, 0.3) is 0 Å². The van der Waals surface area contributed by atoms with E-state index in [1.165, 1.54) is 12.5 Å². The average Bonchev–Trinajstić information content (AvgIpc) is 3.34. The average molecular weight is 1120 g/mol. The zero-order valence-corrected chi connectivity index (χ0v) is 48.4. The van der Waals surface area contributed by atoms with Crippen molar-refractivity contribution in [2.24, 2.45) is 56.2 Å². The molecule has 4 saturated heterocycles. The summed E-state index contributed by atoms with van der Waals surface area (Å²) in [6.45, 7) is 15.6. The summed E-state index contributed by atoms with van der Waals surface area (Å²) in [5.74, 6) is -3.97. The second-order valence-corrected chi connectivity index (χ2v) is 25.8. The number of aliphatic hydroxyl groups is 9. The molecule has 4 saturated carbocycles. The van der Waals surface area contributed by atoms with E-state index in [9.17, 15) is 70.6 Å². The van der Waals surface area contributed by atoms with E-state index in [1.807, 2.05) is 6.92 Å². The molecule has 5 aliphatic carbocycles. The Morgan fingerprint density at radius 2 is 1.45 bits per heavy atom. The molecule has 2 bridgehead atoms. The number of rotatable bonds is 14. The molecule has 8 fully saturated rings. The van der Waals surface area contributed by atoms with Crippen LogP contribution in [0.25, 0.3) is 0 Å². The van der Waals surface area contributed by atoms with Gasteiger partial charge in [-0.2, -0.15) is 0 Å². The third kappa shape index (κ3) is 9.81. The molecule has 0 aromatic rings. The van der Waals surface area contributed by atoms with Gasteiger partial charge in [-0.25, -0.2) is 4.79 Å². The number of carboxylic acid groups (broad SMARTS) is 1. The van der Waals surface area contributed by atoms with E-state index in [1.54, 1.807) is 13.8 Å².